The van der Waals surface area contributed by atoms with Crippen LogP contribution in [0.3, 0.4) is 0 Å². The van der Waals surface area contributed by atoms with Crippen LogP contribution in [0.5, 0.6) is 23.5 Å². The lowest BCUT2D eigenvalue weighted by atomic mass is 9.96. The topological polar surface area (TPSA) is 378 Å². The summed E-state index contributed by atoms with van der Waals surface area (Å²) in [6, 6.07) is 20.0. The van der Waals surface area contributed by atoms with Gasteiger partial charge in [-0.05, 0) is 143 Å². The minimum atomic E-state index is -1.25. The van der Waals surface area contributed by atoms with E-state index >= 15 is 0 Å². The average Bonchev–Trinajstić information content (AvgIpc) is 1.64. The third-order valence-electron chi connectivity index (χ3n) is 22.9. The second-order valence-corrected chi connectivity index (χ2v) is 34.2. The van der Waals surface area contributed by atoms with E-state index in [9.17, 15) is 64.8 Å². The lowest BCUT2D eigenvalue weighted by molar-refractivity contribution is -0.132. The number of carbonyl (C=O) groups excluding carboxylic acids is 4. The Kier molecular flexibility index (Phi) is 33.3. The van der Waals surface area contributed by atoms with Crippen LogP contribution in [0.2, 0.25) is 0 Å². The Hall–Kier alpha value is -12.6. The minimum Gasteiger partial charge on any atom is -0.475 e. The monoisotopic (exact) mass is 1820 g/mol. The van der Waals surface area contributed by atoms with Gasteiger partial charge in [0.15, 0.2) is 0 Å². The molecule has 6 aliphatic rings. The number of nitriles is 2. The van der Waals surface area contributed by atoms with Gasteiger partial charge < -0.3 is 79.1 Å². The number of halogens is 8. The maximum atomic E-state index is 14.4. The summed E-state index contributed by atoms with van der Waals surface area (Å²) in [7, 11) is 0. The van der Waals surface area contributed by atoms with E-state index in [1.54, 1.807) is 53.9 Å². The smallest absolute Gasteiger partial charge is 0.255 e. The van der Waals surface area contributed by atoms with Gasteiger partial charge in [-0.3, -0.25) is 28.5 Å². The summed E-state index contributed by atoms with van der Waals surface area (Å²) in [6.07, 6.45) is 4.74. The van der Waals surface area contributed by atoms with Crippen molar-refractivity contribution in [2.45, 2.75) is 183 Å². The molecule has 700 valence electrons. The van der Waals surface area contributed by atoms with Gasteiger partial charge >= 0.3 is 0 Å². The molecule has 0 saturated carbocycles. The Morgan fingerprint density at radius 2 is 0.662 bits per heavy atom. The molecule has 14 rings (SSSR count). The quantitative estimate of drug-likeness (QED) is 0.0408. The molecule has 130 heavy (non-hydrogen) atoms. The largest absolute Gasteiger partial charge is 0.475 e. The SMILES string of the molecule is CC(=O)N1CCC(COc2nc(Nc3ccc(N4C[C@@H](C)O[C@@H](C)C4)cc3)ncc2F)C(F)C1.CC(=O)N1CCC(COc2nc(Nc3ccc(N4C[C@@H](C)O[C@@H](C)C4)cc3)ncc2F)C(F)C1.CC(=O)N1CCC(COc2nc(Nc3cn(C(C)(C)C#N)nc3C)ncc2F)C(F)C1.CC(=O)N1CCC(COc2nc(Nc3cn(C(C)(C)C#N)nc3C)ncc2F)C(F)C1. The van der Waals surface area contributed by atoms with Crippen LogP contribution in [0, 0.1) is 83.5 Å². The van der Waals surface area contributed by atoms with E-state index in [0.29, 0.717) is 74.6 Å². The number of ether oxygens (including phenoxy) is 6. The van der Waals surface area contributed by atoms with E-state index in [-0.39, 0.29) is 148 Å². The fourth-order valence-electron chi connectivity index (χ4n) is 15.1. The molecule has 4 N–H and O–H groups in total. The molecule has 8 unspecified atom stereocenters. The number of hydrogen-bond donors (Lipinski definition) is 4. The second-order valence-electron chi connectivity index (χ2n) is 34.2. The van der Waals surface area contributed by atoms with E-state index < -0.39 is 82.7 Å². The third kappa shape index (κ3) is 26.8. The summed E-state index contributed by atoms with van der Waals surface area (Å²) < 4.78 is 151. The van der Waals surface area contributed by atoms with Crippen LogP contribution < -0.4 is 50.0 Å². The molecule has 8 aromatic rings. The number of likely N-dealkylation sites (tertiary alicyclic amines) is 4. The van der Waals surface area contributed by atoms with Gasteiger partial charge in [-0.1, -0.05) is 0 Å². The number of benzene rings is 2. The van der Waals surface area contributed by atoms with Gasteiger partial charge in [-0.25, -0.2) is 37.5 Å². The van der Waals surface area contributed by atoms with E-state index in [2.05, 4.69) is 121 Å². The average molecular weight is 1820 g/mol. The van der Waals surface area contributed by atoms with Crippen molar-refractivity contribution >= 4 is 81.5 Å². The fourth-order valence-corrected chi connectivity index (χ4v) is 15.1. The summed E-state index contributed by atoms with van der Waals surface area (Å²) in [5.41, 5.74) is 4.32. The van der Waals surface area contributed by atoms with Gasteiger partial charge in [0, 0.05) is 126 Å². The summed E-state index contributed by atoms with van der Waals surface area (Å²) in [5.74, 6) is -5.90. The number of rotatable bonds is 24. The standard InChI is InChI=1S/2C24H31F2N5O3.2C20H25F2N7O2/c2*1-15-11-31(12-16(2)34-15)20-6-4-19(5-7-20)28-24-27-10-21(25)23(29-24)33-14-18-8-9-30(17(3)32)13-22(18)26;2*1-12-17(9-29(27-12)20(3,4)11-23)25-19-24-7-15(21)18(26-19)31-10-14-5-6-28(13(2)30)8-16(14)22/h2*4-7,10,15-16,18,22H,8-9,11-14H2,1-3H3,(H,27,28,29);2*7,9,14,16H,5-6,8,10H2,1-4H3,(H,24,25,26)/t2*15-,16+,18?,22?;;. The Morgan fingerprint density at radius 1 is 0.415 bits per heavy atom. The van der Waals surface area contributed by atoms with E-state index in [0.717, 1.165) is 73.7 Å². The number of nitrogens with one attached hydrogen (secondary N) is 4. The highest BCUT2D eigenvalue weighted by molar-refractivity contribution is 5.75. The Labute approximate surface area is 749 Å². The number of aryl methyl sites for hydroxylation is 2. The number of alkyl halides is 4. The normalized spacial score (nSPS) is 22.3. The van der Waals surface area contributed by atoms with Crippen LogP contribution in [-0.2, 0) is 39.7 Å². The Morgan fingerprint density at radius 3 is 0.892 bits per heavy atom. The summed E-state index contributed by atoms with van der Waals surface area (Å²) in [6.45, 7) is 29.3. The number of carbonyl (C=O) groups is 4. The van der Waals surface area contributed by atoms with E-state index in [1.807, 2.05) is 48.5 Å². The molecule has 2 aromatic carbocycles. The van der Waals surface area contributed by atoms with Crippen LogP contribution in [0.4, 0.5) is 93.0 Å². The maximum absolute atomic E-state index is 14.4. The molecule has 6 fully saturated rings. The molecule has 34 nitrogen and oxygen atoms in total. The molecular weight excluding hydrogens is 1710 g/mol. The predicted molar refractivity (Wildman–Crippen MR) is 465 cm³/mol. The molecule has 4 amide bonds. The lowest BCUT2D eigenvalue weighted by Crippen LogP contribution is -2.45. The zero-order chi connectivity index (χ0) is 94.0. The summed E-state index contributed by atoms with van der Waals surface area (Å²) in [4.78, 5) is 88.2. The zero-order valence-electron chi connectivity index (χ0n) is 75.2. The molecule has 6 aromatic heterocycles. The molecule has 0 aliphatic carbocycles. The molecule has 42 heteroatoms. The molecule has 0 bridgehead atoms. The van der Waals surface area contributed by atoms with Gasteiger partial charge in [0.1, 0.15) is 35.8 Å². The van der Waals surface area contributed by atoms with Crippen molar-refractivity contribution in [3.05, 3.63) is 120 Å². The molecule has 6 aliphatic heterocycles. The first kappa shape index (κ1) is 98.0. The molecule has 0 radical (unpaired) electrons. The van der Waals surface area contributed by atoms with Crippen molar-refractivity contribution in [1.82, 2.24) is 79.0 Å². The highest BCUT2D eigenvalue weighted by Crippen LogP contribution is 2.34. The predicted octanol–water partition coefficient (Wildman–Crippen LogP) is 12.5. The van der Waals surface area contributed by atoms with Crippen LogP contribution >= 0.6 is 0 Å². The fraction of sp³-hybridized carbons (Fsp3) is 0.545. The number of nitrogens with zero attached hydrogens (tertiary/aromatic N) is 20. The van der Waals surface area contributed by atoms with Crippen molar-refractivity contribution < 1.29 is 82.7 Å². The van der Waals surface area contributed by atoms with Gasteiger partial charge in [0.25, 0.3) is 23.5 Å². The number of amides is 4. The first-order valence-electron chi connectivity index (χ1n) is 43.0. The number of morpholine rings is 2. The van der Waals surface area contributed by atoms with Crippen molar-refractivity contribution in [1.29, 1.82) is 10.5 Å². The van der Waals surface area contributed by atoms with Crippen LogP contribution in [0.25, 0.3) is 0 Å². The highest BCUT2D eigenvalue weighted by atomic mass is 19.2. The van der Waals surface area contributed by atoms with Gasteiger partial charge in [-0.2, -0.15) is 58.2 Å². The van der Waals surface area contributed by atoms with Crippen molar-refractivity contribution in [2.75, 3.05) is 136 Å². The Bertz CT molecular complexity index is 4930. The Balaban J connectivity index is 0.000000168. The van der Waals surface area contributed by atoms with Gasteiger partial charge in [0.2, 0.25) is 70.7 Å². The van der Waals surface area contributed by atoms with Gasteiger partial charge in [-0.15, -0.1) is 0 Å². The number of piperidine rings is 4. The molecule has 0 spiro atoms. The van der Waals surface area contributed by atoms with E-state index in [4.69, 9.17) is 28.4 Å². The minimum absolute atomic E-state index is 0.00470. The van der Waals surface area contributed by atoms with Crippen LogP contribution in [0.1, 0.15) is 120 Å². The first-order chi connectivity index (χ1) is 61.8. The van der Waals surface area contributed by atoms with Crippen molar-refractivity contribution in [3.8, 4) is 35.7 Å². The third-order valence-corrected chi connectivity index (χ3v) is 22.9. The van der Waals surface area contributed by atoms with Crippen molar-refractivity contribution in [3.63, 3.8) is 0 Å². The van der Waals surface area contributed by atoms with E-state index in [1.165, 1.54) is 56.7 Å². The second kappa shape index (κ2) is 44.1. The molecule has 12 heterocycles. The highest BCUT2D eigenvalue weighted by Gasteiger charge is 2.37. The van der Waals surface area contributed by atoms with Crippen molar-refractivity contribution in [2.24, 2.45) is 23.7 Å². The first-order valence-corrected chi connectivity index (χ1v) is 43.0. The number of aromatic nitrogens is 12. The molecular formula is C88H112F8N24O10. The molecule has 6 saturated heterocycles. The zero-order valence-corrected chi connectivity index (χ0v) is 75.2. The van der Waals surface area contributed by atoms with Gasteiger partial charge in [0.05, 0.1) is 149 Å². The number of hydrogen-bond acceptors (Lipinski definition) is 28. The molecule has 12 atom stereocenters. The number of anilines is 10. The lowest BCUT2D eigenvalue weighted by Gasteiger charge is -2.36. The van der Waals surface area contributed by atoms with Crippen LogP contribution in [-0.4, -0.2) is 257 Å². The summed E-state index contributed by atoms with van der Waals surface area (Å²) in [5, 5.41) is 39.2. The summed E-state index contributed by atoms with van der Waals surface area (Å²) >= 11 is 0. The van der Waals surface area contributed by atoms with Crippen LogP contribution in [0.15, 0.2) is 85.7 Å². The maximum Gasteiger partial charge on any atom is 0.255 e.